The summed E-state index contributed by atoms with van der Waals surface area (Å²) in [6.07, 6.45) is 1.92. The van der Waals surface area contributed by atoms with Gasteiger partial charge in [-0.2, -0.15) is 0 Å². The zero-order chi connectivity index (χ0) is 21.7. The number of rotatable bonds is 8. The van der Waals surface area contributed by atoms with Crippen LogP contribution in [0.5, 0.6) is 5.75 Å². The van der Waals surface area contributed by atoms with Crippen LogP contribution in [0.15, 0.2) is 42.6 Å². The highest BCUT2D eigenvalue weighted by Crippen LogP contribution is 2.31. The third-order valence-electron chi connectivity index (χ3n) is 4.54. The zero-order valence-corrected chi connectivity index (χ0v) is 16.3. The summed E-state index contributed by atoms with van der Waals surface area (Å²) in [4.78, 5) is 28.4. The van der Waals surface area contributed by atoms with Crippen molar-refractivity contribution in [3.05, 3.63) is 70.7 Å². The molecule has 156 valence electrons. The smallest absolute Gasteiger partial charge is 0.339 e. The number of carbonyl (C=O) groups is 2. The first-order valence-corrected chi connectivity index (χ1v) is 9.39. The number of amides is 1. The van der Waals surface area contributed by atoms with Crippen molar-refractivity contribution in [2.45, 2.75) is 13.3 Å². The Hall–Kier alpha value is -3.52. The number of pyridine rings is 1. The van der Waals surface area contributed by atoms with E-state index in [2.05, 4.69) is 10.3 Å². The fourth-order valence-electron chi connectivity index (χ4n) is 3.08. The molecule has 0 saturated heterocycles. The van der Waals surface area contributed by atoms with Crippen LogP contribution in [-0.2, 0) is 11.2 Å². The van der Waals surface area contributed by atoms with Crippen molar-refractivity contribution in [2.75, 3.05) is 19.8 Å². The first-order valence-electron chi connectivity index (χ1n) is 9.39. The first kappa shape index (κ1) is 21.2. The second-order valence-electron chi connectivity index (χ2n) is 6.62. The molecule has 1 amide bonds. The van der Waals surface area contributed by atoms with Gasteiger partial charge in [0.15, 0.2) is 5.75 Å². The molecule has 0 unspecified atom stereocenters. The van der Waals surface area contributed by atoms with E-state index in [0.717, 1.165) is 17.2 Å². The predicted octanol–water partition coefficient (Wildman–Crippen LogP) is 3.13. The Balaban J connectivity index is 2.02. The van der Waals surface area contributed by atoms with E-state index >= 15 is 0 Å². The number of phenols is 1. The highest BCUT2D eigenvalue weighted by molar-refractivity contribution is 6.11. The van der Waals surface area contributed by atoms with Crippen LogP contribution in [0.1, 0.15) is 38.8 Å². The van der Waals surface area contributed by atoms with Crippen LogP contribution >= 0.6 is 0 Å². The van der Waals surface area contributed by atoms with Crippen molar-refractivity contribution in [3.63, 3.8) is 0 Å². The number of halogens is 1. The lowest BCUT2D eigenvalue weighted by atomic mass is 9.99. The summed E-state index contributed by atoms with van der Waals surface area (Å²) in [5, 5.41) is 22.7. The number of benzene rings is 2. The quantitative estimate of drug-likeness (QED) is 0.491. The van der Waals surface area contributed by atoms with Crippen LogP contribution in [0.3, 0.4) is 0 Å². The van der Waals surface area contributed by atoms with E-state index in [-0.39, 0.29) is 23.4 Å². The lowest BCUT2D eigenvalue weighted by molar-refractivity contribution is 0.0694. The molecular formula is C22H21FN2O5. The molecule has 3 rings (SSSR count). The summed E-state index contributed by atoms with van der Waals surface area (Å²) in [5.74, 6) is -2.71. The molecule has 30 heavy (non-hydrogen) atoms. The maximum Gasteiger partial charge on any atom is 0.339 e. The largest absolute Gasteiger partial charge is 0.505 e. The molecule has 1 heterocycles. The molecule has 0 aliphatic rings. The van der Waals surface area contributed by atoms with Crippen molar-refractivity contribution in [1.82, 2.24) is 10.3 Å². The van der Waals surface area contributed by atoms with E-state index in [0.29, 0.717) is 25.0 Å². The fraction of sp³-hybridized carbons (Fsp3) is 0.227. The van der Waals surface area contributed by atoms with Crippen molar-refractivity contribution < 1.29 is 28.9 Å². The van der Waals surface area contributed by atoms with E-state index < -0.39 is 23.2 Å². The number of carboxylic acid groups (broad SMARTS) is 1. The van der Waals surface area contributed by atoms with Gasteiger partial charge in [0.25, 0.3) is 5.91 Å². The zero-order valence-electron chi connectivity index (χ0n) is 16.3. The lowest BCUT2D eigenvalue weighted by Crippen LogP contribution is -2.27. The van der Waals surface area contributed by atoms with E-state index in [9.17, 15) is 24.2 Å². The van der Waals surface area contributed by atoms with Gasteiger partial charge in [-0.25, -0.2) is 9.18 Å². The predicted molar refractivity (Wildman–Crippen MR) is 108 cm³/mol. The number of carboxylic acids is 1. The number of nitrogens with one attached hydrogen (secondary N) is 1. The molecule has 0 bridgehead atoms. The molecule has 0 saturated carbocycles. The highest BCUT2D eigenvalue weighted by Gasteiger charge is 2.21. The normalized spacial score (nSPS) is 10.9. The Labute approximate surface area is 172 Å². The Morgan fingerprint density at radius 1 is 1.13 bits per heavy atom. The number of hydrogen-bond donors (Lipinski definition) is 3. The number of carbonyl (C=O) groups excluding carboxylic acids is 1. The average molecular weight is 412 g/mol. The van der Waals surface area contributed by atoms with Crippen LogP contribution in [-0.4, -0.2) is 46.8 Å². The van der Waals surface area contributed by atoms with Gasteiger partial charge in [0.2, 0.25) is 0 Å². The molecule has 7 nitrogen and oxygen atoms in total. The third kappa shape index (κ3) is 4.72. The van der Waals surface area contributed by atoms with Crippen molar-refractivity contribution in [3.8, 4) is 5.75 Å². The minimum absolute atomic E-state index is 0.0210. The molecule has 0 aliphatic carbocycles. The van der Waals surface area contributed by atoms with Gasteiger partial charge in [-0.1, -0.05) is 12.1 Å². The molecule has 3 N–H and O–H groups in total. The van der Waals surface area contributed by atoms with Gasteiger partial charge in [0, 0.05) is 30.3 Å². The van der Waals surface area contributed by atoms with Gasteiger partial charge in [-0.3, -0.25) is 9.78 Å². The summed E-state index contributed by atoms with van der Waals surface area (Å²) >= 11 is 0. The summed E-state index contributed by atoms with van der Waals surface area (Å²) in [5.41, 5.74) is 1.26. The maximum absolute atomic E-state index is 13.1. The van der Waals surface area contributed by atoms with Gasteiger partial charge in [-0.15, -0.1) is 0 Å². The van der Waals surface area contributed by atoms with Crippen molar-refractivity contribution in [2.24, 2.45) is 0 Å². The van der Waals surface area contributed by atoms with Crippen LogP contribution in [0.25, 0.3) is 10.9 Å². The molecule has 0 spiro atoms. The number of aromatic nitrogens is 1. The fourth-order valence-corrected chi connectivity index (χ4v) is 3.08. The standard InChI is InChI=1S/C22H21FN2O5/c1-2-30-8-7-24-21(27)17-11-18(22(28)29)20(26)19-16(17)10-14(12-25-19)9-13-3-5-15(23)6-4-13/h3-6,10-12,26H,2,7-9H2,1H3,(H,24,27)(H,28,29). The van der Waals surface area contributed by atoms with E-state index in [1.807, 2.05) is 6.92 Å². The molecular weight excluding hydrogens is 391 g/mol. The Kier molecular flexibility index (Phi) is 6.58. The summed E-state index contributed by atoms with van der Waals surface area (Å²) in [6, 6.07) is 8.81. The SMILES string of the molecule is CCOCCNC(=O)c1cc(C(=O)O)c(O)c2ncc(Cc3ccc(F)cc3)cc12. The van der Waals surface area contributed by atoms with Gasteiger partial charge in [-0.05, 0) is 48.7 Å². The topological polar surface area (TPSA) is 109 Å². The van der Waals surface area contributed by atoms with Crippen molar-refractivity contribution in [1.29, 1.82) is 0 Å². The third-order valence-corrected chi connectivity index (χ3v) is 4.54. The molecule has 0 fully saturated rings. The van der Waals surface area contributed by atoms with Gasteiger partial charge < -0.3 is 20.3 Å². The van der Waals surface area contributed by atoms with Crippen molar-refractivity contribution >= 4 is 22.8 Å². The molecule has 2 aromatic carbocycles. The van der Waals surface area contributed by atoms with Crippen LogP contribution in [0.2, 0.25) is 0 Å². The minimum Gasteiger partial charge on any atom is -0.505 e. The van der Waals surface area contributed by atoms with E-state index in [4.69, 9.17) is 4.74 Å². The van der Waals surface area contributed by atoms with Gasteiger partial charge in [0.1, 0.15) is 16.9 Å². The Morgan fingerprint density at radius 2 is 1.87 bits per heavy atom. The number of aromatic carboxylic acids is 1. The second-order valence-corrected chi connectivity index (χ2v) is 6.62. The molecule has 8 heteroatoms. The van der Waals surface area contributed by atoms with E-state index in [1.165, 1.54) is 18.3 Å². The monoisotopic (exact) mass is 412 g/mol. The molecule has 0 aliphatic heterocycles. The minimum atomic E-state index is -1.37. The van der Waals surface area contributed by atoms with Crippen LogP contribution in [0, 0.1) is 5.82 Å². The molecule has 0 radical (unpaired) electrons. The second kappa shape index (κ2) is 9.32. The van der Waals surface area contributed by atoms with E-state index in [1.54, 1.807) is 18.2 Å². The first-order chi connectivity index (χ1) is 14.4. The van der Waals surface area contributed by atoms with Crippen LogP contribution < -0.4 is 5.32 Å². The average Bonchev–Trinajstić information content (AvgIpc) is 2.73. The number of nitrogens with zero attached hydrogens (tertiary/aromatic N) is 1. The molecule has 0 atom stereocenters. The highest BCUT2D eigenvalue weighted by atomic mass is 19.1. The number of fused-ring (bicyclic) bond motifs is 1. The Bertz CT molecular complexity index is 1080. The maximum atomic E-state index is 13.1. The lowest BCUT2D eigenvalue weighted by Gasteiger charge is -2.12. The number of hydrogen-bond acceptors (Lipinski definition) is 5. The van der Waals surface area contributed by atoms with Crippen LogP contribution in [0.4, 0.5) is 4.39 Å². The number of ether oxygens (including phenoxy) is 1. The summed E-state index contributed by atoms with van der Waals surface area (Å²) in [7, 11) is 0. The van der Waals surface area contributed by atoms with Gasteiger partial charge in [0.05, 0.1) is 6.61 Å². The molecule has 3 aromatic rings. The summed E-state index contributed by atoms with van der Waals surface area (Å²) < 4.78 is 18.3. The molecule has 1 aromatic heterocycles. The number of aromatic hydroxyl groups is 1. The Morgan fingerprint density at radius 3 is 2.53 bits per heavy atom. The summed E-state index contributed by atoms with van der Waals surface area (Å²) in [6.45, 7) is 2.92. The van der Waals surface area contributed by atoms with Gasteiger partial charge >= 0.3 is 5.97 Å².